The van der Waals surface area contributed by atoms with E-state index >= 15 is 0 Å². The highest BCUT2D eigenvalue weighted by Crippen LogP contribution is 2.05. The molecule has 4 heteroatoms. The number of nitrogens with two attached hydrogens (primary N) is 1. The van der Waals surface area contributed by atoms with Crippen LogP contribution in [0.15, 0.2) is 23.1 Å². The Labute approximate surface area is 96.0 Å². The molecule has 90 valence electrons. The third-order valence-electron chi connectivity index (χ3n) is 2.31. The first-order valence-electron chi connectivity index (χ1n) is 5.67. The summed E-state index contributed by atoms with van der Waals surface area (Å²) in [5.74, 6) is 0.992. The third kappa shape index (κ3) is 3.70. The van der Waals surface area contributed by atoms with E-state index in [9.17, 15) is 4.79 Å². The molecule has 0 radical (unpaired) electrons. The highest BCUT2D eigenvalue weighted by atomic mass is 16.5. The maximum atomic E-state index is 11.8. The second-order valence-electron chi connectivity index (χ2n) is 4.19. The van der Waals surface area contributed by atoms with Gasteiger partial charge in [0, 0.05) is 19.3 Å². The number of pyridine rings is 1. The second kappa shape index (κ2) is 6.33. The van der Waals surface area contributed by atoms with Gasteiger partial charge in [-0.1, -0.05) is 13.8 Å². The molecule has 0 aromatic carbocycles. The summed E-state index contributed by atoms with van der Waals surface area (Å²) in [4.78, 5) is 11.8. The zero-order chi connectivity index (χ0) is 12.0. The molecule has 0 saturated heterocycles. The molecule has 0 aliphatic heterocycles. The first-order valence-corrected chi connectivity index (χ1v) is 5.67. The molecular weight excluding hydrogens is 204 g/mol. The minimum absolute atomic E-state index is 0.100. The predicted octanol–water partition coefficient (Wildman–Crippen LogP) is 1.23. The summed E-state index contributed by atoms with van der Waals surface area (Å²) in [7, 11) is 0. The Morgan fingerprint density at radius 3 is 2.88 bits per heavy atom. The highest BCUT2D eigenvalue weighted by Gasteiger charge is 2.03. The number of nitrogens with zero attached hydrogens (tertiary/aromatic N) is 1. The lowest BCUT2D eigenvalue weighted by Gasteiger charge is -2.09. The molecule has 2 N–H and O–H groups in total. The molecule has 0 fully saturated rings. The summed E-state index contributed by atoms with van der Waals surface area (Å²) in [5.41, 5.74) is 5.32. The fourth-order valence-corrected chi connectivity index (χ4v) is 1.34. The number of aromatic nitrogens is 1. The van der Waals surface area contributed by atoms with Crippen LogP contribution in [-0.4, -0.2) is 17.7 Å². The molecule has 16 heavy (non-hydrogen) atoms. The van der Waals surface area contributed by atoms with Crippen molar-refractivity contribution < 1.29 is 4.74 Å². The third-order valence-corrected chi connectivity index (χ3v) is 2.31. The Bertz CT molecular complexity index is 372. The van der Waals surface area contributed by atoms with E-state index in [0.717, 1.165) is 6.42 Å². The Balaban J connectivity index is 2.66. The fourth-order valence-electron chi connectivity index (χ4n) is 1.34. The number of hydrogen-bond acceptors (Lipinski definition) is 3. The monoisotopic (exact) mass is 224 g/mol. The Kier molecular flexibility index (Phi) is 5.05. The van der Waals surface area contributed by atoms with Crippen LogP contribution < -0.4 is 16.0 Å². The number of hydrogen-bond donors (Lipinski definition) is 1. The van der Waals surface area contributed by atoms with Crippen LogP contribution in [0, 0.1) is 5.92 Å². The minimum atomic E-state index is -0.100. The van der Waals surface area contributed by atoms with Crippen molar-refractivity contribution in [3.05, 3.63) is 28.7 Å². The van der Waals surface area contributed by atoms with Crippen LogP contribution in [0.5, 0.6) is 5.75 Å². The molecule has 1 aromatic heterocycles. The maximum Gasteiger partial charge on any atom is 0.292 e. The van der Waals surface area contributed by atoms with Crippen LogP contribution in [-0.2, 0) is 6.54 Å². The van der Waals surface area contributed by atoms with Crippen LogP contribution in [0.4, 0.5) is 0 Å². The molecule has 1 rings (SSSR count). The van der Waals surface area contributed by atoms with Gasteiger partial charge in [-0.3, -0.25) is 4.79 Å². The van der Waals surface area contributed by atoms with Gasteiger partial charge in [-0.25, -0.2) is 0 Å². The summed E-state index contributed by atoms with van der Waals surface area (Å²) in [5, 5.41) is 0. The molecule has 0 atom stereocenters. The van der Waals surface area contributed by atoms with Crippen LogP contribution >= 0.6 is 0 Å². The smallest absolute Gasteiger partial charge is 0.292 e. The van der Waals surface area contributed by atoms with Crippen molar-refractivity contribution in [1.29, 1.82) is 0 Å². The van der Waals surface area contributed by atoms with Crippen molar-refractivity contribution in [2.75, 3.05) is 13.2 Å². The van der Waals surface area contributed by atoms with Gasteiger partial charge in [-0.15, -0.1) is 0 Å². The SMILES string of the molecule is CC(C)CCOc1cccn(CCN)c1=O. The lowest BCUT2D eigenvalue weighted by atomic mass is 10.1. The molecule has 0 unspecified atom stereocenters. The van der Waals surface area contributed by atoms with E-state index in [1.54, 1.807) is 16.8 Å². The van der Waals surface area contributed by atoms with Gasteiger partial charge in [-0.05, 0) is 24.5 Å². The quantitative estimate of drug-likeness (QED) is 0.790. The van der Waals surface area contributed by atoms with Crippen LogP contribution in [0.3, 0.4) is 0 Å². The lowest BCUT2D eigenvalue weighted by Crippen LogP contribution is -2.24. The molecule has 0 amide bonds. The first kappa shape index (κ1) is 12.8. The zero-order valence-corrected chi connectivity index (χ0v) is 9.98. The molecule has 0 aliphatic rings. The van der Waals surface area contributed by atoms with Gasteiger partial charge in [0.25, 0.3) is 5.56 Å². The summed E-state index contributed by atoms with van der Waals surface area (Å²) >= 11 is 0. The van der Waals surface area contributed by atoms with E-state index in [0.29, 0.717) is 31.4 Å². The molecule has 1 aromatic rings. The second-order valence-corrected chi connectivity index (χ2v) is 4.19. The molecule has 0 saturated carbocycles. The summed E-state index contributed by atoms with van der Waals surface area (Å²) in [6.07, 6.45) is 2.68. The maximum absolute atomic E-state index is 11.8. The van der Waals surface area contributed by atoms with Crippen molar-refractivity contribution in [3.8, 4) is 5.75 Å². The van der Waals surface area contributed by atoms with Gasteiger partial charge in [0.15, 0.2) is 5.75 Å². The van der Waals surface area contributed by atoms with E-state index in [2.05, 4.69) is 13.8 Å². The lowest BCUT2D eigenvalue weighted by molar-refractivity contribution is 0.284. The van der Waals surface area contributed by atoms with Crippen molar-refractivity contribution in [2.24, 2.45) is 11.7 Å². The fraction of sp³-hybridized carbons (Fsp3) is 0.583. The van der Waals surface area contributed by atoms with Gasteiger partial charge in [0.2, 0.25) is 0 Å². The summed E-state index contributed by atoms with van der Waals surface area (Å²) in [6, 6.07) is 3.51. The van der Waals surface area contributed by atoms with Gasteiger partial charge in [0.1, 0.15) is 0 Å². The molecule has 0 spiro atoms. The summed E-state index contributed by atoms with van der Waals surface area (Å²) in [6.45, 7) is 5.82. The summed E-state index contributed by atoms with van der Waals surface area (Å²) < 4.78 is 7.03. The Morgan fingerprint density at radius 1 is 1.50 bits per heavy atom. The molecule has 1 heterocycles. The van der Waals surface area contributed by atoms with Gasteiger partial charge in [-0.2, -0.15) is 0 Å². The largest absolute Gasteiger partial charge is 0.488 e. The van der Waals surface area contributed by atoms with E-state index in [1.807, 2.05) is 6.07 Å². The van der Waals surface area contributed by atoms with Gasteiger partial charge < -0.3 is 15.0 Å². The standard InChI is InChI=1S/C12H20N2O2/c1-10(2)5-9-16-11-4-3-7-14(8-6-13)12(11)15/h3-4,7,10H,5-6,8-9,13H2,1-2H3. The van der Waals surface area contributed by atoms with E-state index in [1.165, 1.54) is 0 Å². The average Bonchev–Trinajstić information content (AvgIpc) is 2.23. The van der Waals surface area contributed by atoms with Gasteiger partial charge >= 0.3 is 0 Å². The van der Waals surface area contributed by atoms with E-state index < -0.39 is 0 Å². The number of ether oxygens (including phenoxy) is 1. The first-order chi connectivity index (χ1) is 7.65. The topological polar surface area (TPSA) is 57.2 Å². The number of rotatable bonds is 6. The van der Waals surface area contributed by atoms with Crippen molar-refractivity contribution in [2.45, 2.75) is 26.8 Å². The highest BCUT2D eigenvalue weighted by molar-refractivity contribution is 5.17. The van der Waals surface area contributed by atoms with Crippen LogP contribution in [0.1, 0.15) is 20.3 Å². The van der Waals surface area contributed by atoms with Crippen molar-refractivity contribution in [3.63, 3.8) is 0 Å². The van der Waals surface area contributed by atoms with Crippen LogP contribution in [0.2, 0.25) is 0 Å². The predicted molar refractivity (Wildman–Crippen MR) is 64.7 cm³/mol. The van der Waals surface area contributed by atoms with Crippen LogP contribution in [0.25, 0.3) is 0 Å². The van der Waals surface area contributed by atoms with E-state index in [4.69, 9.17) is 10.5 Å². The zero-order valence-electron chi connectivity index (χ0n) is 9.98. The molecular formula is C12H20N2O2. The normalized spacial score (nSPS) is 10.8. The minimum Gasteiger partial charge on any atom is -0.488 e. The van der Waals surface area contributed by atoms with Crippen molar-refractivity contribution in [1.82, 2.24) is 4.57 Å². The Hall–Kier alpha value is -1.29. The van der Waals surface area contributed by atoms with E-state index in [-0.39, 0.29) is 5.56 Å². The average molecular weight is 224 g/mol. The Morgan fingerprint density at radius 2 is 2.25 bits per heavy atom. The molecule has 0 aliphatic carbocycles. The molecule has 0 bridgehead atoms. The molecule has 4 nitrogen and oxygen atoms in total. The van der Waals surface area contributed by atoms with Crippen molar-refractivity contribution >= 4 is 0 Å². The van der Waals surface area contributed by atoms with Gasteiger partial charge in [0.05, 0.1) is 6.61 Å².